The fourth-order valence-electron chi connectivity index (χ4n) is 10.5. The van der Waals surface area contributed by atoms with Crippen LogP contribution in [0.15, 0.2) is 134 Å². The molecule has 0 radical (unpaired) electrons. The normalized spacial score (nSPS) is 10.2. The molecule has 4 heterocycles. The number of hydrogen-bond acceptors (Lipinski definition) is 10. The molecule has 4 aromatic heterocycles. The topological polar surface area (TPSA) is 107 Å². The predicted octanol–water partition coefficient (Wildman–Crippen LogP) is 22.4. The largest absolute Gasteiger partial charge is 0.537 e. The van der Waals surface area contributed by atoms with Gasteiger partial charge in [-0.15, -0.1) is 84.9 Å². The van der Waals surface area contributed by atoms with Gasteiger partial charge in [0.05, 0.1) is 40.6 Å². The van der Waals surface area contributed by atoms with Crippen molar-refractivity contribution < 1.29 is 113 Å². The van der Waals surface area contributed by atoms with Crippen LogP contribution in [0.3, 0.4) is 0 Å². The molecule has 0 N–H and O–H groups in total. The SMILES string of the molecule is CCCCCCCCOc1c(-c2cc(OC)ccn2)[c-]ccc1C.CCCCCCCCOc1c(-c2ncccc2C)[c-]ccc1C.CCCCCCCCOc1ccc[c-]c1-c1cc(OC)ccn1.CCCCCCCCOc1ccc[c-]c1-c1ncccc1C.[Pt].[Pt].[Pt].[Pt]. The van der Waals surface area contributed by atoms with Crippen LogP contribution in [0.1, 0.15) is 204 Å². The van der Waals surface area contributed by atoms with Crippen molar-refractivity contribution >= 4 is 0 Å². The molecule has 0 spiro atoms. The Balaban J connectivity index is 0.000000631. The monoisotopic (exact) mass is 2020 g/mol. The number of rotatable bonds is 38. The van der Waals surface area contributed by atoms with E-state index in [0.29, 0.717) is 0 Å². The summed E-state index contributed by atoms with van der Waals surface area (Å²) in [5, 5.41) is 0. The van der Waals surface area contributed by atoms with E-state index in [9.17, 15) is 0 Å². The van der Waals surface area contributed by atoms with Gasteiger partial charge in [0, 0.05) is 132 Å². The van der Waals surface area contributed by atoms with Gasteiger partial charge in [0.1, 0.15) is 11.5 Å². The van der Waals surface area contributed by atoms with Gasteiger partial charge in [0.15, 0.2) is 0 Å². The molecule has 0 fully saturated rings. The summed E-state index contributed by atoms with van der Waals surface area (Å²) in [5.74, 6) is 5.11. The van der Waals surface area contributed by atoms with Gasteiger partial charge in [0.25, 0.3) is 0 Å². The van der Waals surface area contributed by atoms with Gasteiger partial charge in [-0.2, -0.15) is 0 Å². The summed E-state index contributed by atoms with van der Waals surface area (Å²) in [7, 11) is 3.32. The Morgan fingerprint density at radius 3 is 1.07 bits per heavy atom. The molecule has 0 aliphatic carbocycles. The summed E-state index contributed by atoms with van der Waals surface area (Å²) in [6.07, 6.45) is 37.5. The van der Waals surface area contributed by atoms with Gasteiger partial charge in [-0.1, -0.05) is 227 Å². The van der Waals surface area contributed by atoms with Crippen molar-refractivity contribution in [1.82, 2.24) is 19.9 Å². The summed E-state index contributed by atoms with van der Waals surface area (Å²) in [5.41, 5.74) is 11.9. The second-order valence-corrected chi connectivity index (χ2v) is 23.5. The van der Waals surface area contributed by atoms with Crippen LogP contribution >= 0.6 is 0 Å². The molecule has 0 saturated carbocycles. The molecule has 96 heavy (non-hydrogen) atoms. The third-order valence-corrected chi connectivity index (χ3v) is 15.9. The van der Waals surface area contributed by atoms with Crippen molar-refractivity contribution in [3.05, 3.63) is 181 Å². The first-order valence-electron chi connectivity index (χ1n) is 34.6. The molecule has 0 amide bonds. The van der Waals surface area contributed by atoms with E-state index in [4.69, 9.17) is 28.4 Å². The Hall–Kier alpha value is -4.97. The minimum atomic E-state index is 0. The molecule has 4 aromatic carbocycles. The number of benzene rings is 4. The Morgan fingerprint density at radius 2 is 0.656 bits per heavy atom. The average Bonchev–Trinajstić information content (AvgIpc) is 0.859. The number of aromatic nitrogens is 4. The maximum atomic E-state index is 6.11. The molecule has 8 aromatic rings. The second kappa shape index (κ2) is 55.9. The van der Waals surface area contributed by atoms with Crippen LogP contribution in [0, 0.1) is 52.0 Å². The molecular formula is C82H108N4O6Pt4-4. The van der Waals surface area contributed by atoms with Crippen molar-refractivity contribution in [2.45, 2.75) is 209 Å². The number of pyridine rings is 4. The van der Waals surface area contributed by atoms with E-state index < -0.39 is 0 Å². The van der Waals surface area contributed by atoms with Gasteiger partial charge in [0.2, 0.25) is 0 Å². The minimum absolute atomic E-state index is 0. The zero-order valence-electron chi connectivity index (χ0n) is 59.0. The molecule has 0 aliphatic rings. The number of ether oxygens (including phenoxy) is 6. The van der Waals surface area contributed by atoms with Gasteiger partial charge in [-0.25, -0.2) is 0 Å². The Kier molecular flexibility index (Phi) is 51.8. The molecular weight excluding hydrogens is 1920 g/mol. The van der Waals surface area contributed by atoms with E-state index in [1.807, 2.05) is 103 Å². The average molecular weight is 2030 g/mol. The summed E-state index contributed by atoms with van der Waals surface area (Å²) < 4.78 is 34.7. The first kappa shape index (κ1) is 89.0. The van der Waals surface area contributed by atoms with Gasteiger partial charge in [-0.05, 0) is 98.7 Å². The van der Waals surface area contributed by atoms with Crippen molar-refractivity contribution in [1.29, 1.82) is 0 Å². The van der Waals surface area contributed by atoms with Crippen LogP contribution in [-0.4, -0.2) is 60.6 Å². The van der Waals surface area contributed by atoms with Crippen LogP contribution in [0.2, 0.25) is 0 Å². The van der Waals surface area contributed by atoms with E-state index in [2.05, 4.69) is 118 Å². The maximum absolute atomic E-state index is 6.11. The van der Waals surface area contributed by atoms with E-state index in [-0.39, 0.29) is 84.3 Å². The number of aryl methyl sites for hydroxylation is 4. The standard InChI is InChI=1S/C21H28NO2.C21H28NO.C20H26NO2.C20H26NO.4Pt/c1-4-5-6-7-8-9-15-24-21-17(2)11-10-12-19(21)20-16-18(23-3)13-14-22-20;1-4-5-6-7-8-9-16-23-21-18(3)12-10-14-19(21)20-17(2)13-11-15-22-20;1-3-4-5-6-7-10-15-23-20-12-9-8-11-18(20)19-16-17(22-2)13-14-21-19;1-3-4-5-6-7-10-16-22-19-14-9-8-13-18(19)20-17(2)12-11-15-21-20;;;;/h10-11,13-14,16H,4-9,15H2,1-3H3;10-13,15H,4-9,16H2,1-3H3;8-9,12-14,16H,3-7,10,15H2,1-2H3;8-9,11-12,14-15H,3-7,10,16H2,1-2H3;;;;/q4*-1;;;;. The maximum Gasteiger partial charge on any atom is 0.113 e. The first-order valence-corrected chi connectivity index (χ1v) is 34.6. The summed E-state index contributed by atoms with van der Waals surface area (Å²) in [4.78, 5) is 17.8. The second-order valence-electron chi connectivity index (χ2n) is 23.5. The van der Waals surface area contributed by atoms with Crippen molar-refractivity contribution in [2.24, 2.45) is 0 Å². The summed E-state index contributed by atoms with van der Waals surface area (Å²) in [6, 6.07) is 48.3. The van der Waals surface area contributed by atoms with Crippen molar-refractivity contribution in [2.75, 3.05) is 40.6 Å². The van der Waals surface area contributed by atoms with E-state index in [0.717, 1.165) is 154 Å². The van der Waals surface area contributed by atoms with Gasteiger partial charge < -0.3 is 48.4 Å². The summed E-state index contributed by atoms with van der Waals surface area (Å²) >= 11 is 0. The van der Waals surface area contributed by atoms with Crippen LogP contribution in [0.5, 0.6) is 34.5 Å². The first-order chi connectivity index (χ1) is 45.2. The van der Waals surface area contributed by atoms with E-state index >= 15 is 0 Å². The molecule has 0 bridgehead atoms. The van der Waals surface area contributed by atoms with Gasteiger partial charge in [-0.3, -0.25) is 0 Å². The molecule has 0 atom stereocenters. The smallest absolute Gasteiger partial charge is 0.113 e. The quantitative estimate of drug-likeness (QED) is 0.0274. The third kappa shape index (κ3) is 33.7. The molecule has 10 nitrogen and oxygen atoms in total. The fourth-order valence-corrected chi connectivity index (χ4v) is 10.5. The van der Waals surface area contributed by atoms with Crippen molar-refractivity contribution in [3.8, 4) is 79.5 Å². The minimum Gasteiger partial charge on any atom is -0.537 e. The molecule has 14 heteroatoms. The Bertz CT molecular complexity index is 3260. The van der Waals surface area contributed by atoms with E-state index in [1.165, 1.54) is 128 Å². The fraction of sp³-hybridized carbons (Fsp3) is 0.463. The van der Waals surface area contributed by atoms with Crippen LogP contribution in [0.4, 0.5) is 0 Å². The number of unbranched alkanes of at least 4 members (excludes halogenated alkanes) is 20. The molecule has 0 unspecified atom stereocenters. The van der Waals surface area contributed by atoms with Crippen LogP contribution in [-0.2, 0) is 84.3 Å². The zero-order valence-corrected chi connectivity index (χ0v) is 68.1. The summed E-state index contributed by atoms with van der Waals surface area (Å²) in [6.45, 7) is 20.3. The van der Waals surface area contributed by atoms with Crippen molar-refractivity contribution in [3.63, 3.8) is 0 Å². The molecule has 0 saturated heterocycles. The predicted molar refractivity (Wildman–Crippen MR) is 382 cm³/mol. The third-order valence-electron chi connectivity index (χ3n) is 15.9. The molecule has 0 aliphatic heterocycles. The van der Waals surface area contributed by atoms with E-state index in [1.54, 1.807) is 26.6 Å². The van der Waals surface area contributed by atoms with Gasteiger partial charge >= 0.3 is 0 Å². The molecule has 8 rings (SSSR count). The molecule has 536 valence electrons. The Morgan fingerprint density at radius 1 is 0.312 bits per heavy atom. The number of methoxy groups -OCH3 is 2. The zero-order chi connectivity index (χ0) is 65.6. The number of nitrogens with zero attached hydrogens (tertiary/aromatic N) is 4. The Labute approximate surface area is 637 Å². The van der Waals surface area contributed by atoms with Crippen LogP contribution in [0.25, 0.3) is 45.0 Å². The number of hydrogen-bond donors (Lipinski definition) is 0. The van der Waals surface area contributed by atoms with Crippen LogP contribution < -0.4 is 28.4 Å².